The number of aryl methyl sites for hydroxylation is 2. The average molecular weight is 396 g/mol. The van der Waals surface area contributed by atoms with Gasteiger partial charge in [-0.2, -0.15) is 0 Å². The van der Waals surface area contributed by atoms with Gasteiger partial charge in [0.15, 0.2) is 11.5 Å². The first-order valence-corrected chi connectivity index (χ1v) is 9.72. The molecule has 1 heterocycles. The predicted molar refractivity (Wildman–Crippen MR) is 111 cm³/mol. The molecule has 0 fully saturated rings. The van der Waals surface area contributed by atoms with Gasteiger partial charge in [-0.05, 0) is 71.9 Å². The lowest BCUT2D eigenvalue weighted by Crippen LogP contribution is -2.55. The Hall–Kier alpha value is -3.02. The monoisotopic (exact) mass is 396 g/mol. The number of hydrogen-bond acceptors (Lipinski definition) is 4. The van der Waals surface area contributed by atoms with E-state index in [4.69, 9.17) is 9.47 Å². The van der Waals surface area contributed by atoms with Gasteiger partial charge in [0.05, 0.1) is 5.54 Å². The lowest BCUT2D eigenvalue weighted by atomic mass is 10.0. The van der Waals surface area contributed by atoms with Crippen molar-refractivity contribution >= 4 is 11.8 Å². The van der Waals surface area contributed by atoms with Gasteiger partial charge in [0.1, 0.15) is 12.7 Å². The van der Waals surface area contributed by atoms with Crippen LogP contribution in [-0.4, -0.2) is 35.1 Å². The van der Waals surface area contributed by atoms with Crippen LogP contribution < -0.4 is 14.9 Å². The summed E-state index contributed by atoms with van der Waals surface area (Å²) in [5, 5.41) is 1.38. The smallest absolute Gasteiger partial charge is 0.272 e. The first-order valence-electron chi connectivity index (χ1n) is 9.72. The van der Waals surface area contributed by atoms with Crippen LogP contribution in [0, 0.1) is 13.8 Å². The Morgan fingerprint density at radius 3 is 2.28 bits per heavy atom. The lowest BCUT2D eigenvalue weighted by Gasteiger charge is -2.35. The SMILES string of the molecule is Cc1cc(C)cc(C(=O)N(NC(=O)c2ccc3c(c2)OC(C)CO3)C(C)(C)C)c1. The zero-order valence-electron chi connectivity index (χ0n) is 17.8. The Labute approximate surface area is 171 Å². The van der Waals surface area contributed by atoms with E-state index in [0.29, 0.717) is 29.2 Å². The maximum Gasteiger partial charge on any atom is 0.272 e. The molecule has 1 N–H and O–H groups in total. The van der Waals surface area contributed by atoms with Gasteiger partial charge in [0, 0.05) is 11.1 Å². The van der Waals surface area contributed by atoms with Gasteiger partial charge < -0.3 is 9.47 Å². The number of hydrazine groups is 1. The van der Waals surface area contributed by atoms with Crippen molar-refractivity contribution in [2.45, 2.75) is 53.2 Å². The molecule has 0 saturated heterocycles. The van der Waals surface area contributed by atoms with Gasteiger partial charge in [-0.15, -0.1) is 0 Å². The third-order valence-electron chi connectivity index (χ3n) is 4.56. The minimum absolute atomic E-state index is 0.0852. The molecule has 6 nitrogen and oxygen atoms in total. The Kier molecular flexibility index (Phi) is 5.55. The molecule has 0 spiro atoms. The van der Waals surface area contributed by atoms with Gasteiger partial charge in [-0.3, -0.25) is 15.0 Å². The molecular weight excluding hydrogens is 368 g/mol. The number of rotatable bonds is 2. The number of nitrogens with zero attached hydrogens (tertiary/aromatic N) is 1. The van der Waals surface area contributed by atoms with Crippen molar-refractivity contribution in [1.29, 1.82) is 0 Å². The summed E-state index contributed by atoms with van der Waals surface area (Å²) in [5.74, 6) is 0.490. The molecule has 0 aliphatic carbocycles. The van der Waals surface area contributed by atoms with E-state index in [9.17, 15) is 9.59 Å². The van der Waals surface area contributed by atoms with Gasteiger partial charge in [0.2, 0.25) is 0 Å². The van der Waals surface area contributed by atoms with Crippen molar-refractivity contribution in [3.8, 4) is 11.5 Å². The second-order valence-electron chi connectivity index (χ2n) is 8.53. The number of carbonyl (C=O) groups excluding carboxylic acids is 2. The number of ether oxygens (including phenoxy) is 2. The summed E-state index contributed by atoms with van der Waals surface area (Å²) in [5.41, 5.74) is 5.08. The summed E-state index contributed by atoms with van der Waals surface area (Å²) in [4.78, 5) is 26.1. The number of benzene rings is 2. The summed E-state index contributed by atoms with van der Waals surface area (Å²) in [7, 11) is 0. The summed E-state index contributed by atoms with van der Waals surface area (Å²) in [6.45, 7) is 11.9. The molecule has 154 valence electrons. The molecule has 1 aliphatic rings. The van der Waals surface area contributed by atoms with Crippen molar-refractivity contribution in [3.05, 3.63) is 58.7 Å². The largest absolute Gasteiger partial charge is 0.486 e. The van der Waals surface area contributed by atoms with E-state index < -0.39 is 5.54 Å². The highest BCUT2D eigenvalue weighted by Gasteiger charge is 2.30. The Morgan fingerprint density at radius 1 is 1.00 bits per heavy atom. The van der Waals surface area contributed by atoms with E-state index in [1.165, 1.54) is 5.01 Å². The molecule has 2 aromatic rings. The summed E-state index contributed by atoms with van der Waals surface area (Å²) < 4.78 is 11.4. The van der Waals surface area contributed by atoms with E-state index in [-0.39, 0.29) is 17.9 Å². The maximum atomic E-state index is 13.2. The first kappa shape index (κ1) is 20.7. The second-order valence-corrected chi connectivity index (χ2v) is 8.53. The topological polar surface area (TPSA) is 67.9 Å². The minimum atomic E-state index is -0.618. The zero-order chi connectivity index (χ0) is 21.3. The lowest BCUT2D eigenvalue weighted by molar-refractivity contribution is 0.0358. The van der Waals surface area contributed by atoms with Crippen LogP contribution in [0.25, 0.3) is 0 Å². The van der Waals surface area contributed by atoms with Gasteiger partial charge in [0.25, 0.3) is 11.8 Å². The number of carbonyl (C=O) groups is 2. The fourth-order valence-corrected chi connectivity index (χ4v) is 3.24. The Balaban J connectivity index is 1.86. The highest BCUT2D eigenvalue weighted by Crippen LogP contribution is 2.32. The third kappa shape index (κ3) is 4.70. The molecule has 0 saturated carbocycles. The van der Waals surface area contributed by atoms with E-state index in [1.54, 1.807) is 18.2 Å². The number of nitrogens with one attached hydrogen (secondary N) is 1. The van der Waals surface area contributed by atoms with Crippen LogP contribution in [0.3, 0.4) is 0 Å². The predicted octanol–water partition coefficient (Wildman–Crippen LogP) is 4.05. The van der Waals surface area contributed by atoms with E-state index in [0.717, 1.165) is 11.1 Å². The van der Waals surface area contributed by atoms with Crippen LogP contribution in [0.1, 0.15) is 59.5 Å². The number of fused-ring (bicyclic) bond motifs is 1. The minimum Gasteiger partial charge on any atom is -0.486 e. The molecule has 2 amide bonds. The van der Waals surface area contributed by atoms with E-state index >= 15 is 0 Å². The van der Waals surface area contributed by atoms with Crippen LogP contribution in [0.15, 0.2) is 36.4 Å². The van der Waals surface area contributed by atoms with Crippen LogP contribution in [0.4, 0.5) is 0 Å². The van der Waals surface area contributed by atoms with Gasteiger partial charge >= 0.3 is 0 Å². The molecule has 1 unspecified atom stereocenters. The highest BCUT2D eigenvalue weighted by molar-refractivity contribution is 6.00. The van der Waals surface area contributed by atoms with E-state index in [1.807, 2.05) is 59.7 Å². The van der Waals surface area contributed by atoms with Crippen molar-refractivity contribution < 1.29 is 19.1 Å². The molecule has 0 radical (unpaired) electrons. The quantitative estimate of drug-likeness (QED) is 0.778. The molecule has 0 bridgehead atoms. The van der Waals surface area contributed by atoms with Crippen molar-refractivity contribution in [3.63, 3.8) is 0 Å². The van der Waals surface area contributed by atoms with Crippen LogP contribution in [0.2, 0.25) is 0 Å². The van der Waals surface area contributed by atoms with Crippen LogP contribution >= 0.6 is 0 Å². The van der Waals surface area contributed by atoms with Crippen molar-refractivity contribution in [2.24, 2.45) is 0 Å². The fraction of sp³-hybridized carbons (Fsp3) is 0.391. The number of amides is 2. The molecule has 29 heavy (non-hydrogen) atoms. The zero-order valence-corrected chi connectivity index (χ0v) is 17.8. The van der Waals surface area contributed by atoms with Crippen LogP contribution in [-0.2, 0) is 0 Å². The second kappa shape index (κ2) is 7.78. The summed E-state index contributed by atoms with van der Waals surface area (Å²) in [6.07, 6.45) is -0.0852. The molecule has 1 aliphatic heterocycles. The van der Waals surface area contributed by atoms with Crippen LogP contribution in [0.5, 0.6) is 11.5 Å². The molecule has 0 aromatic heterocycles. The first-order chi connectivity index (χ1) is 13.5. The maximum absolute atomic E-state index is 13.2. The standard InChI is InChI=1S/C23H28N2O4/c1-14-9-15(2)11-18(10-14)22(27)25(23(4,5)6)24-21(26)17-7-8-19-20(12-17)29-16(3)13-28-19/h7-12,16H,13H2,1-6H3,(H,24,26). The van der Waals surface area contributed by atoms with Crippen molar-refractivity contribution in [2.75, 3.05) is 6.61 Å². The van der Waals surface area contributed by atoms with E-state index in [2.05, 4.69) is 5.43 Å². The third-order valence-corrected chi connectivity index (χ3v) is 4.56. The average Bonchev–Trinajstić information content (AvgIpc) is 2.63. The van der Waals surface area contributed by atoms with Gasteiger partial charge in [-0.25, -0.2) is 5.01 Å². The molecule has 3 rings (SSSR count). The van der Waals surface area contributed by atoms with Crippen molar-refractivity contribution in [1.82, 2.24) is 10.4 Å². The highest BCUT2D eigenvalue weighted by atomic mass is 16.6. The molecule has 6 heteroatoms. The number of hydrogen-bond donors (Lipinski definition) is 1. The fourth-order valence-electron chi connectivity index (χ4n) is 3.24. The summed E-state index contributed by atoms with van der Waals surface area (Å²) >= 11 is 0. The van der Waals surface area contributed by atoms with Gasteiger partial charge in [-0.1, -0.05) is 17.2 Å². The summed E-state index contributed by atoms with van der Waals surface area (Å²) in [6, 6.07) is 10.7. The normalized spacial score (nSPS) is 15.6. The molecular formula is C23H28N2O4. The Bertz CT molecular complexity index is 926. The Morgan fingerprint density at radius 2 is 1.66 bits per heavy atom. The molecule has 1 atom stereocenters. The molecule has 2 aromatic carbocycles.